The summed E-state index contributed by atoms with van der Waals surface area (Å²) in [4.78, 5) is 35.8. The number of carboxylic acids is 1. The molecule has 0 bridgehead atoms. The average molecular weight is 449 g/mol. The number of rotatable bonds is 4. The number of carbonyl (C=O) groups excluding carboxylic acids is 3. The molecule has 152 valence electrons. The third-order valence-electron chi connectivity index (χ3n) is 4.32. The number of aromatic carboxylic acids is 1. The zero-order valence-electron chi connectivity index (χ0n) is 16.7. The van der Waals surface area contributed by atoms with Crippen LogP contribution in [0.4, 0.5) is 15.8 Å². The number of carbonyl (C=O) groups is 3. The van der Waals surface area contributed by atoms with E-state index in [1.165, 1.54) is 24.3 Å². The number of hydrogen-bond acceptors (Lipinski definition) is 4. The molecule has 0 fully saturated rings. The molecule has 0 aliphatic heterocycles. The summed E-state index contributed by atoms with van der Waals surface area (Å²) in [6, 6.07) is 14.8. The predicted molar refractivity (Wildman–Crippen MR) is 110 cm³/mol. The van der Waals surface area contributed by atoms with Gasteiger partial charge in [0.1, 0.15) is 5.82 Å². The van der Waals surface area contributed by atoms with Gasteiger partial charge in [-0.2, -0.15) is 0 Å². The van der Waals surface area contributed by atoms with Crippen LogP contribution in [0, 0.1) is 12.7 Å². The summed E-state index contributed by atoms with van der Waals surface area (Å²) in [5, 5.41) is 16.1. The van der Waals surface area contributed by atoms with Crippen molar-refractivity contribution >= 4 is 40.8 Å². The Labute approximate surface area is 204 Å². The maximum absolute atomic E-state index is 13.1. The van der Waals surface area contributed by atoms with Crippen molar-refractivity contribution in [3.63, 3.8) is 0 Å². The molecule has 3 aromatic rings. The first-order valence-electron chi connectivity index (χ1n) is 8.74. The Morgan fingerprint density at radius 1 is 0.839 bits per heavy atom. The minimum absolute atomic E-state index is 0. The summed E-state index contributed by atoms with van der Waals surface area (Å²) in [5.41, 5.74) is 2.07. The number of aryl methyl sites for hydroxylation is 1. The van der Waals surface area contributed by atoms with E-state index < -0.39 is 17.8 Å². The molecule has 0 aliphatic carbocycles. The fraction of sp³-hybridized carbons (Fsp3) is 0.0455. The molecular weight excluding hydrogens is 434 g/mol. The van der Waals surface area contributed by atoms with Crippen LogP contribution in [0.5, 0.6) is 0 Å². The molecule has 2 amide bonds. The van der Waals surface area contributed by atoms with E-state index in [0.29, 0.717) is 16.8 Å². The maximum Gasteiger partial charge on any atom is 1.00 e. The van der Waals surface area contributed by atoms with Crippen LogP contribution in [0.2, 0.25) is 5.02 Å². The van der Waals surface area contributed by atoms with Crippen LogP contribution in [0.1, 0.15) is 15.9 Å². The van der Waals surface area contributed by atoms with Crippen molar-refractivity contribution in [1.82, 2.24) is 0 Å². The van der Waals surface area contributed by atoms with Crippen LogP contribution in [0.3, 0.4) is 0 Å². The van der Waals surface area contributed by atoms with E-state index in [0.717, 1.165) is 11.6 Å². The first-order chi connectivity index (χ1) is 14.2. The molecule has 0 radical (unpaired) electrons. The first kappa shape index (κ1) is 24.6. The van der Waals surface area contributed by atoms with Gasteiger partial charge in [0.2, 0.25) is 0 Å². The minimum atomic E-state index is -1.55. The fourth-order valence-electron chi connectivity index (χ4n) is 2.73. The summed E-state index contributed by atoms with van der Waals surface area (Å²) in [7, 11) is 0. The average Bonchev–Trinajstić information content (AvgIpc) is 2.71. The van der Waals surface area contributed by atoms with Crippen molar-refractivity contribution in [3.8, 4) is 11.1 Å². The smallest absolute Gasteiger partial charge is 0.545 e. The summed E-state index contributed by atoms with van der Waals surface area (Å²) in [6.45, 7) is 1.75. The molecule has 31 heavy (non-hydrogen) atoms. The van der Waals surface area contributed by atoms with Crippen LogP contribution < -0.4 is 45.3 Å². The molecule has 0 aromatic heterocycles. The van der Waals surface area contributed by atoms with Crippen molar-refractivity contribution in [2.24, 2.45) is 0 Å². The van der Waals surface area contributed by atoms with E-state index in [1.54, 1.807) is 37.3 Å². The number of anilines is 2. The third-order valence-corrected chi connectivity index (χ3v) is 4.55. The Hall–Kier alpha value is -2.71. The summed E-state index contributed by atoms with van der Waals surface area (Å²) in [6.07, 6.45) is 0. The van der Waals surface area contributed by atoms with Crippen LogP contribution >= 0.6 is 11.6 Å². The van der Waals surface area contributed by atoms with Crippen molar-refractivity contribution < 1.29 is 53.4 Å². The molecule has 0 heterocycles. The summed E-state index contributed by atoms with van der Waals surface area (Å²) in [5.74, 6) is -3.97. The quantitative estimate of drug-likeness (QED) is 0.446. The number of carboxylic acid groups (broad SMARTS) is 1. The van der Waals surface area contributed by atoms with Crippen LogP contribution in [0.25, 0.3) is 11.1 Å². The predicted octanol–water partition coefficient (Wildman–Crippen LogP) is 0.399. The van der Waals surface area contributed by atoms with Gasteiger partial charge in [0.25, 0.3) is 0 Å². The van der Waals surface area contributed by atoms with Crippen molar-refractivity contribution in [2.45, 2.75) is 6.92 Å². The molecule has 0 spiro atoms. The number of amides is 2. The van der Waals surface area contributed by atoms with Crippen molar-refractivity contribution in [3.05, 3.63) is 82.6 Å². The Bertz CT molecular complexity index is 1150. The Morgan fingerprint density at radius 3 is 2.03 bits per heavy atom. The molecule has 3 aromatic carbocycles. The van der Waals surface area contributed by atoms with Crippen LogP contribution in [-0.4, -0.2) is 17.8 Å². The van der Waals surface area contributed by atoms with E-state index in [1.807, 2.05) is 0 Å². The molecule has 3 rings (SSSR count). The van der Waals surface area contributed by atoms with E-state index >= 15 is 0 Å². The normalized spacial score (nSPS) is 10.0. The van der Waals surface area contributed by atoms with E-state index in [2.05, 4.69) is 10.6 Å². The second-order valence-corrected chi connectivity index (χ2v) is 6.86. The minimum Gasteiger partial charge on any atom is -0.545 e. The van der Waals surface area contributed by atoms with Gasteiger partial charge < -0.3 is 20.5 Å². The van der Waals surface area contributed by atoms with E-state index in [4.69, 9.17) is 11.6 Å². The van der Waals surface area contributed by atoms with Gasteiger partial charge in [0.05, 0.1) is 11.7 Å². The number of hydrogen-bond donors (Lipinski definition) is 2. The van der Waals surface area contributed by atoms with Crippen molar-refractivity contribution in [1.29, 1.82) is 0 Å². The van der Waals surface area contributed by atoms with Gasteiger partial charge in [0.15, 0.2) is 0 Å². The monoisotopic (exact) mass is 448 g/mol. The third kappa shape index (κ3) is 6.15. The summed E-state index contributed by atoms with van der Waals surface area (Å²) >= 11 is 5.75. The zero-order valence-corrected chi connectivity index (χ0v) is 19.4. The molecule has 0 saturated carbocycles. The Morgan fingerprint density at radius 2 is 1.42 bits per heavy atom. The standard InChI is InChI=1S/C22H16ClFN2O4.Na/c1-12-2-3-14(13-4-7-16(24)8-5-13)10-19(12)26-21(28)20(27)25-18-9-6-15(23)11-17(18)22(29)30;/h2-11H,1H3,(H,25,27)(H,26,28)(H,29,30);/q;+1/p-1. The van der Waals surface area contributed by atoms with Crippen LogP contribution in [0.15, 0.2) is 60.7 Å². The van der Waals surface area contributed by atoms with Gasteiger partial charge in [-0.3, -0.25) is 9.59 Å². The van der Waals surface area contributed by atoms with Crippen LogP contribution in [-0.2, 0) is 9.59 Å². The second kappa shape index (κ2) is 10.5. The second-order valence-electron chi connectivity index (χ2n) is 6.42. The molecule has 0 aliphatic rings. The molecule has 9 heteroatoms. The van der Waals surface area contributed by atoms with Crippen molar-refractivity contribution in [2.75, 3.05) is 10.6 Å². The van der Waals surface area contributed by atoms with Gasteiger partial charge in [-0.05, 0) is 60.0 Å². The molecule has 6 nitrogen and oxygen atoms in total. The molecule has 0 saturated heterocycles. The Balaban J connectivity index is 0.00000341. The van der Waals surface area contributed by atoms with Gasteiger partial charge >= 0.3 is 41.4 Å². The number of benzene rings is 3. The van der Waals surface area contributed by atoms with Gasteiger partial charge in [-0.15, -0.1) is 0 Å². The largest absolute Gasteiger partial charge is 1.00 e. The first-order valence-corrected chi connectivity index (χ1v) is 9.12. The SMILES string of the molecule is Cc1ccc(-c2ccc(F)cc2)cc1NC(=O)C(=O)Nc1ccc(Cl)cc1C(=O)[O-].[Na+]. The molecule has 0 unspecified atom stereocenters. The topological polar surface area (TPSA) is 98.3 Å². The molecule has 2 N–H and O–H groups in total. The Kier molecular flexibility index (Phi) is 8.36. The van der Waals surface area contributed by atoms with Gasteiger partial charge in [-0.1, -0.05) is 35.9 Å². The fourth-order valence-corrected chi connectivity index (χ4v) is 2.90. The number of nitrogens with one attached hydrogen (secondary N) is 2. The molecule has 0 atom stereocenters. The summed E-state index contributed by atoms with van der Waals surface area (Å²) < 4.78 is 13.1. The molecular formula is C22H15ClFN2NaO4. The van der Waals surface area contributed by atoms with E-state index in [-0.39, 0.29) is 51.6 Å². The van der Waals surface area contributed by atoms with Gasteiger partial charge in [-0.25, -0.2) is 4.39 Å². The van der Waals surface area contributed by atoms with Gasteiger partial charge in [0, 0.05) is 16.3 Å². The van der Waals surface area contributed by atoms with E-state index in [9.17, 15) is 23.9 Å². The zero-order chi connectivity index (χ0) is 21.8. The number of halogens is 2. The maximum atomic E-state index is 13.1.